The molecule has 3 nitrogen and oxygen atoms in total. The number of rotatable bonds is 3. The summed E-state index contributed by atoms with van der Waals surface area (Å²) in [6.45, 7) is 4.67. The second-order valence-electron chi connectivity index (χ2n) is 6.40. The predicted molar refractivity (Wildman–Crippen MR) is 87.4 cm³/mol. The Morgan fingerprint density at radius 1 is 1.14 bits per heavy atom. The summed E-state index contributed by atoms with van der Waals surface area (Å²) < 4.78 is 0. The van der Waals surface area contributed by atoms with Crippen molar-refractivity contribution < 1.29 is 0 Å². The maximum atomic E-state index is 4.51. The highest BCUT2D eigenvalue weighted by molar-refractivity contribution is 5.67. The van der Waals surface area contributed by atoms with Crippen molar-refractivity contribution in [3.8, 4) is 0 Å². The van der Waals surface area contributed by atoms with Crippen molar-refractivity contribution in [2.45, 2.75) is 33.1 Å². The Kier molecular flexibility index (Phi) is 3.74. The average Bonchev–Trinajstić information content (AvgIpc) is 2.49. The lowest BCUT2D eigenvalue weighted by Crippen LogP contribution is -2.14. The van der Waals surface area contributed by atoms with Crippen LogP contribution in [-0.2, 0) is 0 Å². The second kappa shape index (κ2) is 5.68. The minimum absolute atomic E-state index is 0.443. The van der Waals surface area contributed by atoms with Gasteiger partial charge in [0.15, 0.2) is 0 Å². The van der Waals surface area contributed by atoms with Crippen LogP contribution in [0.2, 0.25) is 0 Å². The molecule has 2 aromatic heterocycles. The molecular weight excluding hydrogens is 258 g/mol. The highest BCUT2D eigenvalue weighted by atomic mass is 15.0. The molecule has 3 rings (SSSR count). The number of anilines is 2. The third-order valence-electron chi connectivity index (χ3n) is 4.04. The smallest absolute Gasteiger partial charge is 0.130 e. The summed E-state index contributed by atoms with van der Waals surface area (Å²) in [5.74, 6) is 0.850. The van der Waals surface area contributed by atoms with Crippen molar-refractivity contribution in [3.05, 3.63) is 54.5 Å². The summed E-state index contributed by atoms with van der Waals surface area (Å²) in [5, 5.41) is 3.25. The van der Waals surface area contributed by atoms with Crippen LogP contribution >= 0.6 is 0 Å². The van der Waals surface area contributed by atoms with Gasteiger partial charge in [-0.2, -0.15) is 0 Å². The summed E-state index contributed by atoms with van der Waals surface area (Å²) in [7, 11) is 0. The van der Waals surface area contributed by atoms with Gasteiger partial charge in [-0.05, 0) is 60.1 Å². The van der Waals surface area contributed by atoms with E-state index in [1.165, 1.54) is 17.6 Å². The van der Waals surface area contributed by atoms with Crippen LogP contribution in [0.25, 0.3) is 5.57 Å². The van der Waals surface area contributed by atoms with Crippen molar-refractivity contribution in [2.75, 3.05) is 5.32 Å². The topological polar surface area (TPSA) is 37.8 Å². The summed E-state index contributed by atoms with van der Waals surface area (Å²) in [6, 6.07) is 8.07. The first kappa shape index (κ1) is 13.8. The molecule has 0 aromatic carbocycles. The highest BCUT2D eigenvalue weighted by Gasteiger charge is 2.21. The van der Waals surface area contributed by atoms with Gasteiger partial charge in [-0.25, -0.2) is 4.98 Å². The maximum absolute atomic E-state index is 4.51. The van der Waals surface area contributed by atoms with E-state index in [0.29, 0.717) is 5.41 Å². The molecule has 0 aliphatic heterocycles. The molecule has 0 bridgehead atoms. The van der Waals surface area contributed by atoms with E-state index in [2.05, 4.69) is 41.3 Å². The molecule has 0 radical (unpaired) electrons. The molecule has 108 valence electrons. The SMILES string of the molecule is CC1(C)CC=C(c2ccc(Nc3cccnc3)nc2)CC1. The van der Waals surface area contributed by atoms with Crippen molar-refractivity contribution >= 4 is 17.1 Å². The Bertz CT molecular complexity index is 627. The number of pyridine rings is 2. The normalized spacial score (nSPS) is 17.1. The van der Waals surface area contributed by atoms with Crippen LogP contribution < -0.4 is 5.32 Å². The molecule has 0 spiro atoms. The molecule has 1 aliphatic carbocycles. The van der Waals surface area contributed by atoms with E-state index in [4.69, 9.17) is 0 Å². The molecule has 0 amide bonds. The largest absolute Gasteiger partial charge is 0.339 e. The third kappa shape index (κ3) is 3.48. The van der Waals surface area contributed by atoms with Gasteiger partial charge in [-0.3, -0.25) is 4.98 Å². The fourth-order valence-electron chi connectivity index (χ4n) is 2.58. The first-order chi connectivity index (χ1) is 10.1. The Balaban J connectivity index is 1.71. The molecule has 2 heterocycles. The van der Waals surface area contributed by atoms with E-state index in [1.807, 2.05) is 24.4 Å². The van der Waals surface area contributed by atoms with Crippen LogP contribution in [0, 0.1) is 5.41 Å². The van der Waals surface area contributed by atoms with Crippen LogP contribution in [-0.4, -0.2) is 9.97 Å². The van der Waals surface area contributed by atoms with Crippen LogP contribution in [0.15, 0.2) is 48.9 Å². The van der Waals surface area contributed by atoms with Gasteiger partial charge in [-0.15, -0.1) is 0 Å². The van der Waals surface area contributed by atoms with Crippen molar-refractivity contribution in [3.63, 3.8) is 0 Å². The van der Waals surface area contributed by atoms with Crippen LogP contribution in [0.3, 0.4) is 0 Å². The Morgan fingerprint density at radius 2 is 2.05 bits per heavy atom. The fraction of sp³-hybridized carbons (Fsp3) is 0.333. The van der Waals surface area contributed by atoms with Crippen LogP contribution in [0.1, 0.15) is 38.7 Å². The molecular formula is C18H21N3. The molecule has 0 atom stereocenters. The monoisotopic (exact) mass is 279 g/mol. The minimum atomic E-state index is 0.443. The first-order valence-electron chi connectivity index (χ1n) is 7.45. The Labute approximate surface area is 126 Å². The van der Waals surface area contributed by atoms with Gasteiger partial charge in [-0.1, -0.05) is 19.9 Å². The number of allylic oxidation sites excluding steroid dienone is 2. The zero-order chi connectivity index (χ0) is 14.7. The molecule has 0 saturated heterocycles. The number of hydrogen-bond acceptors (Lipinski definition) is 3. The molecule has 1 N–H and O–H groups in total. The van der Waals surface area contributed by atoms with E-state index in [1.54, 1.807) is 12.4 Å². The number of nitrogens with zero attached hydrogens (tertiary/aromatic N) is 2. The average molecular weight is 279 g/mol. The summed E-state index contributed by atoms with van der Waals surface area (Å²) in [6.07, 6.45) is 11.4. The van der Waals surface area contributed by atoms with Gasteiger partial charge in [0.05, 0.1) is 11.9 Å². The first-order valence-corrected chi connectivity index (χ1v) is 7.45. The number of nitrogens with one attached hydrogen (secondary N) is 1. The van der Waals surface area contributed by atoms with Gasteiger partial charge in [0.2, 0.25) is 0 Å². The minimum Gasteiger partial charge on any atom is -0.339 e. The second-order valence-corrected chi connectivity index (χ2v) is 6.40. The molecule has 0 fully saturated rings. The fourth-order valence-corrected chi connectivity index (χ4v) is 2.58. The summed E-state index contributed by atoms with van der Waals surface area (Å²) in [5.41, 5.74) is 4.06. The van der Waals surface area contributed by atoms with Crippen LogP contribution in [0.5, 0.6) is 0 Å². The molecule has 2 aromatic rings. The molecule has 3 heteroatoms. The van der Waals surface area contributed by atoms with E-state index in [0.717, 1.165) is 24.3 Å². The molecule has 1 aliphatic rings. The van der Waals surface area contributed by atoms with Crippen molar-refractivity contribution in [2.24, 2.45) is 5.41 Å². The predicted octanol–water partition coefficient (Wildman–Crippen LogP) is 4.81. The van der Waals surface area contributed by atoms with Crippen molar-refractivity contribution in [1.82, 2.24) is 9.97 Å². The van der Waals surface area contributed by atoms with Gasteiger partial charge in [0.25, 0.3) is 0 Å². The van der Waals surface area contributed by atoms with Gasteiger partial charge < -0.3 is 5.32 Å². The summed E-state index contributed by atoms with van der Waals surface area (Å²) in [4.78, 5) is 8.59. The number of hydrogen-bond donors (Lipinski definition) is 1. The van der Waals surface area contributed by atoms with E-state index in [9.17, 15) is 0 Å². The van der Waals surface area contributed by atoms with E-state index < -0.39 is 0 Å². The quantitative estimate of drug-likeness (QED) is 0.875. The maximum Gasteiger partial charge on any atom is 0.130 e. The van der Waals surface area contributed by atoms with Crippen LogP contribution in [0.4, 0.5) is 11.5 Å². The third-order valence-corrected chi connectivity index (χ3v) is 4.04. The lowest BCUT2D eigenvalue weighted by atomic mass is 9.77. The Morgan fingerprint density at radius 3 is 2.67 bits per heavy atom. The summed E-state index contributed by atoms with van der Waals surface area (Å²) >= 11 is 0. The standard InChI is InChI=1S/C18H21N3/c1-18(2)9-7-14(8-10-18)15-5-6-17(20-12-15)21-16-4-3-11-19-13-16/h3-7,11-13H,8-10H2,1-2H3,(H,20,21). The zero-order valence-corrected chi connectivity index (χ0v) is 12.6. The van der Waals surface area contributed by atoms with Gasteiger partial charge >= 0.3 is 0 Å². The lowest BCUT2D eigenvalue weighted by molar-refractivity contribution is 0.335. The zero-order valence-electron chi connectivity index (χ0n) is 12.6. The molecule has 0 unspecified atom stereocenters. The van der Waals surface area contributed by atoms with E-state index >= 15 is 0 Å². The molecule has 0 saturated carbocycles. The lowest BCUT2D eigenvalue weighted by Gasteiger charge is -2.28. The van der Waals surface area contributed by atoms with Crippen molar-refractivity contribution in [1.29, 1.82) is 0 Å². The van der Waals surface area contributed by atoms with Gasteiger partial charge in [0.1, 0.15) is 5.82 Å². The molecule has 21 heavy (non-hydrogen) atoms. The number of aromatic nitrogens is 2. The van der Waals surface area contributed by atoms with Gasteiger partial charge in [0, 0.05) is 12.4 Å². The highest BCUT2D eigenvalue weighted by Crippen LogP contribution is 2.37. The Hall–Kier alpha value is -2.16. The van der Waals surface area contributed by atoms with E-state index in [-0.39, 0.29) is 0 Å².